The van der Waals surface area contributed by atoms with Gasteiger partial charge in [-0.15, -0.1) is 15.3 Å². The van der Waals surface area contributed by atoms with Crippen LogP contribution in [0.15, 0.2) is 59.1 Å². The Labute approximate surface area is 161 Å². The van der Waals surface area contributed by atoms with E-state index < -0.39 is 0 Å². The summed E-state index contributed by atoms with van der Waals surface area (Å²) in [6.07, 6.45) is 1.70. The third-order valence-electron chi connectivity index (χ3n) is 4.18. The second-order valence-corrected chi connectivity index (χ2v) is 6.17. The number of methoxy groups -OCH3 is 1. The van der Waals surface area contributed by atoms with E-state index in [-0.39, 0.29) is 0 Å². The highest BCUT2D eigenvalue weighted by Gasteiger charge is 2.08. The Kier molecular flexibility index (Phi) is 5.01. The van der Waals surface area contributed by atoms with Crippen LogP contribution in [-0.4, -0.2) is 32.3 Å². The number of hydrogen-bond donors (Lipinski definition) is 0. The highest BCUT2D eigenvalue weighted by atomic mass is 16.5. The smallest absolute Gasteiger partial charge is 0.247 e. The molecular weight excluding hydrogens is 358 g/mol. The summed E-state index contributed by atoms with van der Waals surface area (Å²) in [5.41, 5.74) is 2.79. The average Bonchev–Trinajstić information content (AvgIpc) is 3.36. The molecule has 142 valence electrons. The third-order valence-corrected chi connectivity index (χ3v) is 4.18. The maximum absolute atomic E-state index is 5.88. The lowest BCUT2D eigenvalue weighted by atomic mass is 10.2. The molecule has 0 aliphatic carbocycles. The lowest BCUT2D eigenvalue weighted by Gasteiger charge is -2.09. The first-order valence-corrected chi connectivity index (χ1v) is 8.75. The zero-order chi connectivity index (χ0) is 19.3. The summed E-state index contributed by atoms with van der Waals surface area (Å²) in [6.45, 7) is 2.71. The van der Waals surface area contributed by atoms with Gasteiger partial charge in [0.15, 0.2) is 0 Å². The van der Waals surface area contributed by atoms with Crippen LogP contribution in [0.4, 0.5) is 0 Å². The summed E-state index contributed by atoms with van der Waals surface area (Å²) < 4.78 is 18.4. The highest BCUT2D eigenvalue weighted by molar-refractivity contribution is 5.53. The van der Waals surface area contributed by atoms with Gasteiger partial charge in [-0.2, -0.15) is 0 Å². The molecule has 8 heteroatoms. The lowest BCUT2D eigenvalue weighted by Crippen LogP contribution is -2.09. The first kappa shape index (κ1) is 17.7. The predicted octanol–water partition coefficient (Wildman–Crippen LogP) is 3.27. The van der Waals surface area contributed by atoms with E-state index >= 15 is 0 Å². The van der Waals surface area contributed by atoms with Crippen molar-refractivity contribution in [3.05, 3.63) is 71.9 Å². The van der Waals surface area contributed by atoms with E-state index in [0.29, 0.717) is 24.9 Å². The first-order chi connectivity index (χ1) is 13.7. The van der Waals surface area contributed by atoms with Crippen LogP contribution in [0, 0.1) is 6.92 Å². The van der Waals surface area contributed by atoms with E-state index in [1.807, 2.05) is 53.2 Å². The fourth-order valence-corrected chi connectivity index (χ4v) is 2.73. The summed E-state index contributed by atoms with van der Waals surface area (Å²) in [4.78, 5) is 0. The molecule has 0 saturated carbocycles. The molecule has 0 fully saturated rings. The molecule has 0 radical (unpaired) electrons. The van der Waals surface area contributed by atoms with Crippen molar-refractivity contribution in [2.45, 2.75) is 20.1 Å². The Morgan fingerprint density at radius 3 is 2.64 bits per heavy atom. The van der Waals surface area contributed by atoms with Crippen LogP contribution in [0.25, 0.3) is 11.5 Å². The maximum Gasteiger partial charge on any atom is 0.247 e. The predicted molar refractivity (Wildman–Crippen MR) is 101 cm³/mol. The molecule has 0 spiro atoms. The Morgan fingerprint density at radius 1 is 1.04 bits per heavy atom. The Hall–Kier alpha value is -3.68. The topological polar surface area (TPSA) is 88.1 Å². The molecule has 8 nitrogen and oxygen atoms in total. The molecule has 0 aliphatic heterocycles. The van der Waals surface area contributed by atoms with Gasteiger partial charge in [0, 0.05) is 12.5 Å². The second kappa shape index (κ2) is 7.91. The van der Waals surface area contributed by atoms with Crippen molar-refractivity contribution in [1.29, 1.82) is 0 Å². The quantitative estimate of drug-likeness (QED) is 0.488. The van der Waals surface area contributed by atoms with Crippen molar-refractivity contribution < 1.29 is 13.9 Å². The van der Waals surface area contributed by atoms with Crippen LogP contribution in [0.1, 0.15) is 17.1 Å². The molecule has 4 aromatic rings. The minimum Gasteiger partial charge on any atom is -0.497 e. The van der Waals surface area contributed by atoms with E-state index in [2.05, 4.69) is 20.5 Å². The molecule has 0 amide bonds. The van der Waals surface area contributed by atoms with E-state index in [1.165, 1.54) is 0 Å². The molecule has 0 atom stereocenters. The number of aryl methyl sites for hydroxylation is 1. The number of aromatic nitrogens is 5. The van der Waals surface area contributed by atoms with Crippen LogP contribution in [0.2, 0.25) is 0 Å². The minimum atomic E-state index is 0.357. The van der Waals surface area contributed by atoms with Gasteiger partial charge in [0.1, 0.15) is 18.1 Å². The van der Waals surface area contributed by atoms with E-state index in [0.717, 1.165) is 28.3 Å². The summed E-state index contributed by atoms with van der Waals surface area (Å²) in [5, 5.41) is 16.0. The molecule has 28 heavy (non-hydrogen) atoms. The monoisotopic (exact) mass is 377 g/mol. The van der Waals surface area contributed by atoms with Crippen molar-refractivity contribution in [2.75, 3.05) is 7.11 Å². The fourth-order valence-electron chi connectivity index (χ4n) is 2.73. The molecule has 2 aromatic carbocycles. The summed E-state index contributed by atoms with van der Waals surface area (Å²) in [7, 11) is 1.65. The Balaban J connectivity index is 1.41. The van der Waals surface area contributed by atoms with Crippen molar-refractivity contribution in [2.24, 2.45) is 0 Å². The van der Waals surface area contributed by atoms with Gasteiger partial charge >= 0.3 is 0 Å². The Morgan fingerprint density at radius 2 is 1.89 bits per heavy atom. The van der Waals surface area contributed by atoms with Gasteiger partial charge < -0.3 is 13.9 Å². The number of ether oxygens (including phenoxy) is 2. The highest BCUT2D eigenvalue weighted by Crippen LogP contribution is 2.22. The van der Waals surface area contributed by atoms with Gasteiger partial charge in [0.05, 0.1) is 25.5 Å². The second-order valence-electron chi connectivity index (χ2n) is 6.17. The summed E-state index contributed by atoms with van der Waals surface area (Å²) >= 11 is 0. The fraction of sp³-hybridized carbons (Fsp3) is 0.200. The van der Waals surface area contributed by atoms with E-state index in [4.69, 9.17) is 13.9 Å². The minimum absolute atomic E-state index is 0.357. The standard InChI is InChI=1S/C20H19N5O3/c1-14-22-23-20(28-14)16-6-8-18(9-7-16)27-13-17-11-21-24-25(17)12-15-4-3-5-19(10-15)26-2/h3-11H,12-13H2,1-2H3. The first-order valence-electron chi connectivity index (χ1n) is 8.75. The van der Waals surface area contributed by atoms with Crippen LogP contribution in [0.5, 0.6) is 11.5 Å². The number of rotatable bonds is 7. The molecule has 2 heterocycles. The molecule has 4 rings (SSSR count). The van der Waals surface area contributed by atoms with E-state index in [1.54, 1.807) is 20.2 Å². The SMILES string of the molecule is COc1cccc(Cn2nncc2COc2ccc(-c3nnc(C)o3)cc2)c1. The zero-order valence-electron chi connectivity index (χ0n) is 15.6. The summed E-state index contributed by atoms with van der Waals surface area (Å²) in [5.74, 6) is 2.57. The van der Waals surface area contributed by atoms with Crippen molar-refractivity contribution in [3.8, 4) is 23.0 Å². The third kappa shape index (κ3) is 4.01. The molecule has 0 saturated heterocycles. The average molecular weight is 377 g/mol. The molecule has 0 N–H and O–H groups in total. The van der Waals surface area contributed by atoms with Crippen molar-refractivity contribution in [1.82, 2.24) is 25.2 Å². The van der Waals surface area contributed by atoms with Gasteiger partial charge in [-0.1, -0.05) is 17.3 Å². The Bertz CT molecular complexity index is 1060. The molecule has 2 aromatic heterocycles. The van der Waals surface area contributed by atoms with Gasteiger partial charge in [-0.3, -0.25) is 0 Å². The molecular formula is C20H19N5O3. The van der Waals surface area contributed by atoms with Crippen molar-refractivity contribution >= 4 is 0 Å². The largest absolute Gasteiger partial charge is 0.497 e. The van der Waals surface area contributed by atoms with Crippen LogP contribution in [-0.2, 0) is 13.2 Å². The number of benzene rings is 2. The maximum atomic E-state index is 5.88. The van der Waals surface area contributed by atoms with Gasteiger partial charge in [-0.05, 0) is 42.0 Å². The lowest BCUT2D eigenvalue weighted by molar-refractivity contribution is 0.293. The summed E-state index contributed by atoms with van der Waals surface area (Å²) in [6, 6.07) is 15.4. The molecule has 0 bridgehead atoms. The zero-order valence-corrected chi connectivity index (χ0v) is 15.6. The van der Waals surface area contributed by atoms with Gasteiger partial charge in [-0.25, -0.2) is 4.68 Å². The van der Waals surface area contributed by atoms with Gasteiger partial charge in [0.25, 0.3) is 0 Å². The molecule has 0 unspecified atom stereocenters. The van der Waals surface area contributed by atoms with Crippen LogP contribution in [0.3, 0.4) is 0 Å². The van der Waals surface area contributed by atoms with Crippen molar-refractivity contribution in [3.63, 3.8) is 0 Å². The van der Waals surface area contributed by atoms with E-state index in [9.17, 15) is 0 Å². The number of hydrogen-bond acceptors (Lipinski definition) is 7. The van der Waals surface area contributed by atoms with Gasteiger partial charge in [0.2, 0.25) is 11.8 Å². The molecule has 0 aliphatic rings. The normalized spacial score (nSPS) is 10.8. The number of nitrogens with zero attached hydrogens (tertiary/aromatic N) is 5. The van der Waals surface area contributed by atoms with Crippen LogP contribution < -0.4 is 9.47 Å². The van der Waals surface area contributed by atoms with Crippen LogP contribution >= 0.6 is 0 Å².